The van der Waals surface area contributed by atoms with Gasteiger partial charge in [-0.3, -0.25) is 10.6 Å². The highest BCUT2D eigenvalue weighted by Crippen LogP contribution is 2.21. The maximum Gasteiger partial charge on any atom is 0.255 e. The largest absolute Gasteiger partial charge is 0.322 e. The molecule has 0 aliphatic carbocycles. The molecule has 4 N–H and O–H groups in total. The molecule has 0 fully saturated rings. The standard InChI is InChI=1S/C15H15F2N3O/c1-2-9-5-3-4-6-13(9)19-15(21)10-7-11(16)14(20-18)12(17)8-10/h3-8,20H,2,18H2,1H3,(H,19,21). The van der Waals surface area contributed by atoms with Crippen LogP contribution in [-0.2, 0) is 6.42 Å². The Morgan fingerprint density at radius 1 is 1.19 bits per heavy atom. The average Bonchev–Trinajstić information content (AvgIpc) is 2.47. The van der Waals surface area contributed by atoms with Crippen LogP contribution in [0.5, 0.6) is 0 Å². The molecule has 2 rings (SSSR count). The van der Waals surface area contributed by atoms with Crippen LogP contribution in [0.25, 0.3) is 0 Å². The lowest BCUT2D eigenvalue weighted by molar-refractivity contribution is 0.102. The van der Waals surface area contributed by atoms with Gasteiger partial charge < -0.3 is 10.7 Å². The van der Waals surface area contributed by atoms with Crippen molar-refractivity contribution >= 4 is 17.3 Å². The lowest BCUT2D eigenvalue weighted by Crippen LogP contribution is -2.16. The summed E-state index contributed by atoms with van der Waals surface area (Å²) in [6.07, 6.45) is 0.731. The summed E-state index contributed by atoms with van der Waals surface area (Å²) in [6, 6.07) is 9.11. The first-order valence-electron chi connectivity index (χ1n) is 6.41. The first kappa shape index (κ1) is 14.9. The molecule has 0 saturated carbocycles. The number of amides is 1. The van der Waals surface area contributed by atoms with Crippen molar-refractivity contribution in [2.45, 2.75) is 13.3 Å². The van der Waals surface area contributed by atoms with Crippen molar-refractivity contribution in [3.63, 3.8) is 0 Å². The van der Waals surface area contributed by atoms with Gasteiger partial charge in [0.25, 0.3) is 5.91 Å². The van der Waals surface area contributed by atoms with E-state index in [4.69, 9.17) is 5.84 Å². The van der Waals surface area contributed by atoms with Crippen LogP contribution in [0.15, 0.2) is 36.4 Å². The zero-order valence-corrected chi connectivity index (χ0v) is 11.4. The molecule has 6 heteroatoms. The number of nitrogen functional groups attached to an aromatic ring is 1. The highest BCUT2D eigenvalue weighted by atomic mass is 19.1. The number of hydrazine groups is 1. The van der Waals surface area contributed by atoms with E-state index in [1.807, 2.05) is 24.5 Å². The zero-order chi connectivity index (χ0) is 15.4. The van der Waals surface area contributed by atoms with Crippen LogP contribution in [0.3, 0.4) is 0 Å². The van der Waals surface area contributed by atoms with Crippen LogP contribution >= 0.6 is 0 Å². The second kappa shape index (κ2) is 6.32. The topological polar surface area (TPSA) is 67.2 Å². The molecule has 2 aromatic rings. The van der Waals surface area contributed by atoms with E-state index in [2.05, 4.69) is 5.32 Å². The van der Waals surface area contributed by atoms with Gasteiger partial charge in [-0.1, -0.05) is 25.1 Å². The van der Waals surface area contributed by atoms with Gasteiger partial charge in [0, 0.05) is 11.3 Å². The third-order valence-electron chi connectivity index (χ3n) is 3.10. The number of carbonyl (C=O) groups excluding carboxylic acids is 1. The second-order valence-corrected chi connectivity index (χ2v) is 4.42. The van der Waals surface area contributed by atoms with Crippen molar-refractivity contribution < 1.29 is 13.6 Å². The number of nitrogens with two attached hydrogens (primary N) is 1. The molecule has 21 heavy (non-hydrogen) atoms. The van der Waals surface area contributed by atoms with Gasteiger partial charge >= 0.3 is 0 Å². The SMILES string of the molecule is CCc1ccccc1NC(=O)c1cc(F)c(NN)c(F)c1. The first-order chi connectivity index (χ1) is 10.1. The molecule has 0 aromatic heterocycles. The van der Waals surface area contributed by atoms with E-state index in [0.29, 0.717) is 5.69 Å². The summed E-state index contributed by atoms with van der Waals surface area (Å²) in [5, 5.41) is 2.65. The van der Waals surface area contributed by atoms with Crippen LogP contribution in [0.2, 0.25) is 0 Å². The highest BCUT2D eigenvalue weighted by Gasteiger charge is 2.15. The number of para-hydroxylation sites is 1. The van der Waals surface area contributed by atoms with Crippen molar-refractivity contribution in [1.29, 1.82) is 0 Å². The highest BCUT2D eigenvalue weighted by molar-refractivity contribution is 6.04. The van der Waals surface area contributed by atoms with E-state index in [1.54, 1.807) is 12.1 Å². The summed E-state index contributed by atoms with van der Waals surface area (Å²) in [7, 11) is 0. The molecule has 0 aliphatic heterocycles. The molecule has 0 atom stereocenters. The van der Waals surface area contributed by atoms with Gasteiger partial charge in [0.05, 0.1) is 0 Å². The van der Waals surface area contributed by atoms with E-state index in [1.165, 1.54) is 0 Å². The summed E-state index contributed by atoms with van der Waals surface area (Å²) in [5.41, 5.74) is 2.88. The van der Waals surface area contributed by atoms with Gasteiger partial charge in [-0.2, -0.15) is 0 Å². The normalized spacial score (nSPS) is 10.3. The second-order valence-electron chi connectivity index (χ2n) is 4.42. The Hall–Kier alpha value is -2.47. The minimum atomic E-state index is -0.925. The summed E-state index contributed by atoms with van der Waals surface area (Å²) in [5.74, 6) is 2.57. The van der Waals surface area contributed by atoms with Crippen molar-refractivity contribution in [2.75, 3.05) is 10.7 Å². The molecule has 0 radical (unpaired) electrons. The molecule has 0 unspecified atom stereocenters. The minimum Gasteiger partial charge on any atom is -0.322 e. The Morgan fingerprint density at radius 2 is 1.81 bits per heavy atom. The van der Waals surface area contributed by atoms with Crippen LogP contribution in [0, 0.1) is 11.6 Å². The monoisotopic (exact) mass is 291 g/mol. The predicted molar refractivity (Wildman–Crippen MR) is 77.9 cm³/mol. The smallest absolute Gasteiger partial charge is 0.255 e. The van der Waals surface area contributed by atoms with Gasteiger partial charge in [-0.25, -0.2) is 8.78 Å². The van der Waals surface area contributed by atoms with Gasteiger partial charge in [0.15, 0.2) is 11.6 Å². The Kier molecular flexibility index (Phi) is 4.49. The summed E-state index contributed by atoms with van der Waals surface area (Å²) < 4.78 is 27.2. The molecule has 0 heterocycles. The van der Waals surface area contributed by atoms with Crippen molar-refractivity contribution in [2.24, 2.45) is 5.84 Å². The van der Waals surface area contributed by atoms with Crippen molar-refractivity contribution in [1.82, 2.24) is 0 Å². The molecular formula is C15H15F2N3O. The van der Waals surface area contributed by atoms with Crippen LogP contribution in [-0.4, -0.2) is 5.91 Å². The number of hydrogen-bond donors (Lipinski definition) is 3. The average molecular weight is 291 g/mol. The lowest BCUT2D eigenvalue weighted by Gasteiger charge is -2.11. The number of benzene rings is 2. The third-order valence-corrected chi connectivity index (χ3v) is 3.10. The van der Waals surface area contributed by atoms with E-state index < -0.39 is 23.2 Å². The molecule has 0 bridgehead atoms. The quantitative estimate of drug-likeness (QED) is 0.599. The maximum atomic E-state index is 13.6. The van der Waals surface area contributed by atoms with Gasteiger partial charge in [-0.15, -0.1) is 0 Å². The molecule has 0 saturated heterocycles. The summed E-state index contributed by atoms with van der Waals surface area (Å²) in [4.78, 5) is 12.1. The van der Waals surface area contributed by atoms with Crippen molar-refractivity contribution in [3.05, 3.63) is 59.2 Å². The molecule has 0 aliphatic rings. The fourth-order valence-corrected chi connectivity index (χ4v) is 1.99. The number of nitrogens with one attached hydrogen (secondary N) is 2. The van der Waals surface area contributed by atoms with E-state index in [9.17, 15) is 13.6 Å². The van der Waals surface area contributed by atoms with Gasteiger partial charge in [0.2, 0.25) is 0 Å². The van der Waals surface area contributed by atoms with Crippen LogP contribution in [0.1, 0.15) is 22.8 Å². The van der Waals surface area contributed by atoms with Gasteiger partial charge in [0.1, 0.15) is 5.69 Å². The molecular weight excluding hydrogens is 276 g/mol. The van der Waals surface area contributed by atoms with Crippen molar-refractivity contribution in [3.8, 4) is 0 Å². The lowest BCUT2D eigenvalue weighted by atomic mass is 10.1. The van der Waals surface area contributed by atoms with E-state index in [0.717, 1.165) is 24.1 Å². The third kappa shape index (κ3) is 3.17. The fraction of sp³-hybridized carbons (Fsp3) is 0.133. The Bertz CT molecular complexity index is 651. The number of carbonyl (C=O) groups is 1. The molecule has 1 amide bonds. The number of halogens is 2. The number of anilines is 2. The Balaban J connectivity index is 2.29. The number of aryl methyl sites for hydroxylation is 1. The predicted octanol–water partition coefficient (Wildman–Crippen LogP) is 3.07. The molecule has 4 nitrogen and oxygen atoms in total. The Labute approximate surface area is 120 Å². The number of rotatable bonds is 4. The minimum absolute atomic E-state index is 0.116. The van der Waals surface area contributed by atoms with E-state index >= 15 is 0 Å². The van der Waals surface area contributed by atoms with Gasteiger partial charge in [-0.05, 0) is 30.2 Å². The summed E-state index contributed by atoms with van der Waals surface area (Å²) in [6.45, 7) is 1.95. The first-order valence-corrected chi connectivity index (χ1v) is 6.41. The number of hydrogen-bond acceptors (Lipinski definition) is 3. The Morgan fingerprint density at radius 3 is 2.38 bits per heavy atom. The maximum absolute atomic E-state index is 13.6. The summed E-state index contributed by atoms with van der Waals surface area (Å²) >= 11 is 0. The molecule has 110 valence electrons. The zero-order valence-electron chi connectivity index (χ0n) is 11.4. The molecule has 0 spiro atoms. The molecule has 2 aromatic carbocycles. The van der Waals surface area contributed by atoms with Crippen LogP contribution < -0.4 is 16.6 Å². The van der Waals surface area contributed by atoms with Crippen LogP contribution in [0.4, 0.5) is 20.2 Å². The van der Waals surface area contributed by atoms with E-state index in [-0.39, 0.29) is 5.56 Å². The fourth-order valence-electron chi connectivity index (χ4n) is 1.99.